The number of carboxylic acids is 1. The standard InChI is InChI=1S/C52H102O4/c1-56-52(55)50-48-46-44-42-40-38-36-34-32-30-28-26-24-22-20-18-16-14-12-10-8-6-4-2-3-5-7-9-11-13-15-17-19-21-23-25-27-29-31-33-35-37-39-41-43-45-47-49-51(53)54/h2-50H2,1H3,(H,53,54). The summed E-state index contributed by atoms with van der Waals surface area (Å²) in [6.45, 7) is 0. The second kappa shape index (κ2) is 50.1. The highest BCUT2D eigenvalue weighted by Crippen LogP contribution is 2.19. The molecule has 0 bridgehead atoms. The Bertz CT molecular complexity index is 751. The van der Waals surface area contributed by atoms with Gasteiger partial charge in [0.15, 0.2) is 0 Å². The van der Waals surface area contributed by atoms with Gasteiger partial charge in [0.2, 0.25) is 0 Å². The maximum Gasteiger partial charge on any atom is 0.305 e. The summed E-state index contributed by atoms with van der Waals surface area (Å²) in [5, 5.41) is 8.67. The van der Waals surface area contributed by atoms with Gasteiger partial charge in [-0.3, -0.25) is 9.59 Å². The van der Waals surface area contributed by atoms with E-state index in [2.05, 4.69) is 0 Å². The summed E-state index contributed by atoms with van der Waals surface area (Å²) in [7, 11) is 1.48. The Balaban J connectivity index is 3.07. The highest BCUT2D eigenvalue weighted by molar-refractivity contribution is 5.69. The van der Waals surface area contributed by atoms with Gasteiger partial charge in [0, 0.05) is 12.8 Å². The number of ether oxygens (including phenoxy) is 1. The minimum absolute atomic E-state index is 0.0614. The van der Waals surface area contributed by atoms with Crippen LogP contribution in [0.5, 0.6) is 0 Å². The molecule has 0 aliphatic rings. The lowest BCUT2D eigenvalue weighted by molar-refractivity contribution is -0.141. The first-order chi connectivity index (χ1) is 27.7. The first kappa shape index (κ1) is 54.9. The van der Waals surface area contributed by atoms with Crippen molar-refractivity contribution in [3.8, 4) is 0 Å². The molecule has 0 saturated heterocycles. The Kier molecular flexibility index (Phi) is 49.1. The Labute approximate surface area is 352 Å². The van der Waals surface area contributed by atoms with E-state index < -0.39 is 5.97 Å². The van der Waals surface area contributed by atoms with E-state index in [1.54, 1.807) is 0 Å². The van der Waals surface area contributed by atoms with E-state index in [1.165, 1.54) is 290 Å². The fourth-order valence-corrected chi connectivity index (χ4v) is 8.60. The SMILES string of the molecule is COC(=O)CCCCCCCCCCCCCCCCCCCCCCCCCCCCCCCCCCCCCCCCCCCCCCCCCC(=O)O. The van der Waals surface area contributed by atoms with Gasteiger partial charge >= 0.3 is 11.9 Å². The summed E-state index contributed by atoms with van der Waals surface area (Å²) in [6, 6.07) is 0. The zero-order chi connectivity index (χ0) is 40.5. The van der Waals surface area contributed by atoms with E-state index in [-0.39, 0.29) is 5.97 Å². The first-order valence-electron chi connectivity index (χ1n) is 26.0. The summed E-state index contributed by atoms with van der Waals surface area (Å²) in [5.74, 6) is -0.710. The molecular formula is C52H102O4. The lowest BCUT2D eigenvalue weighted by atomic mass is 10.0. The molecule has 0 spiro atoms. The number of hydrogen-bond donors (Lipinski definition) is 1. The van der Waals surface area contributed by atoms with Crippen LogP contribution < -0.4 is 0 Å². The van der Waals surface area contributed by atoms with Crippen molar-refractivity contribution in [2.75, 3.05) is 7.11 Å². The average molecular weight is 791 g/mol. The normalized spacial score (nSPS) is 11.4. The Hall–Kier alpha value is -1.06. The highest BCUT2D eigenvalue weighted by atomic mass is 16.5. The van der Waals surface area contributed by atoms with Crippen molar-refractivity contribution < 1.29 is 19.4 Å². The lowest BCUT2D eigenvalue weighted by Gasteiger charge is -2.05. The molecule has 0 rings (SSSR count). The van der Waals surface area contributed by atoms with Gasteiger partial charge in [-0.2, -0.15) is 0 Å². The number of carbonyl (C=O) groups excluding carboxylic acids is 1. The van der Waals surface area contributed by atoms with Crippen LogP contribution in [0.3, 0.4) is 0 Å². The van der Waals surface area contributed by atoms with Gasteiger partial charge in [-0.1, -0.05) is 289 Å². The monoisotopic (exact) mass is 791 g/mol. The molecule has 334 valence electrons. The smallest absolute Gasteiger partial charge is 0.305 e. The largest absolute Gasteiger partial charge is 0.481 e. The number of hydrogen-bond acceptors (Lipinski definition) is 3. The number of carbonyl (C=O) groups is 2. The van der Waals surface area contributed by atoms with E-state index in [9.17, 15) is 9.59 Å². The van der Waals surface area contributed by atoms with Crippen LogP contribution in [0.25, 0.3) is 0 Å². The summed E-state index contributed by atoms with van der Waals surface area (Å²) < 4.78 is 4.69. The van der Waals surface area contributed by atoms with Gasteiger partial charge in [-0.15, -0.1) is 0 Å². The van der Waals surface area contributed by atoms with Gasteiger partial charge in [0.1, 0.15) is 0 Å². The predicted octanol–water partition coefficient (Wildman–Crippen LogP) is 18.4. The van der Waals surface area contributed by atoms with Crippen molar-refractivity contribution in [2.24, 2.45) is 0 Å². The first-order valence-corrected chi connectivity index (χ1v) is 26.0. The molecule has 56 heavy (non-hydrogen) atoms. The third-order valence-corrected chi connectivity index (χ3v) is 12.5. The molecule has 0 heterocycles. The van der Waals surface area contributed by atoms with Crippen molar-refractivity contribution in [2.45, 2.75) is 315 Å². The molecule has 0 atom stereocenters. The van der Waals surface area contributed by atoms with Crippen molar-refractivity contribution in [1.29, 1.82) is 0 Å². The molecule has 0 aliphatic carbocycles. The Morgan fingerprint density at radius 2 is 0.375 bits per heavy atom. The van der Waals surface area contributed by atoms with Gasteiger partial charge in [0.05, 0.1) is 7.11 Å². The fourth-order valence-electron chi connectivity index (χ4n) is 8.60. The predicted molar refractivity (Wildman–Crippen MR) is 246 cm³/mol. The molecule has 0 aromatic heterocycles. The van der Waals surface area contributed by atoms with Crippen LogP contribution in [0.1, 0.15) is 315 Å². The Morgan fingerprint density at radius 3 is 0.500 bits per heavy atom. The van der Waals surface area contributed by atoms with E-state index in [0.717, 1.165) is 19.3 Å². The fraction of sp³-hybridized carbons (Fsp3) is 0.962. The molecule has 0 amide bonds. The maximum absolute atomic E-state index is 11.1. The van der Waals surface area contributed by atoms with Gasteiger partial charge in [-0.05, 0) is 12.8 Å². The van der Waals surface area contributed by atoms with Crippen LogP contribution in [0.2, 0.25) is 0 Å². The second-order valence-corrected chi connectivity index (χ2v) is 18.1. The minimum Gasteiger partial charge on any atom is -0.481 e. The molecule has 0 aromatic carbocycles. The zero-order valence-corrected chi connectivity index (χ0v) is 38.3. The summed E-state index contributed by atoms with van der Waals surface area (Å²) in [5.41, 5.74) is 0. The summed E-state index contributed by atoms with van der Waals surface area (Å²) in [6.07, 6.45) is 66.6. The minimum atomic E-state index is -0.649. The van der Waals surface area contributed by atoms with Gasteiger partial charge in [-0.25, -0.2) is 0 Å². The van der Waals surface area contributed by atoms with Gasteiger partial charge in [0.25, 0.3) is 0 Å². The lowest BCUT2D eigenvalue weighted by Crippen LogP contribution is -1.99. The van der Waals surface area contributed by atoms with E-state index in [1.807, 2.05) is 0 Å². The van der Waals surface area contributed by atoms with Crippen molar-refractivity contribution in [3.63, 3.8) is 0 Å². The number of unbranched alkanes of at least 4 members (excludes halogenated alkanes) is 46. The maximum atomic E-state index is 11.1. The van der Waals surface area contributed by atoms with E-state index in [0.29, 0.717) is 12.8 Å². The van der Waals surface area contributed by atoms with Crippen LogP contribution in [-0.4, -0.2) is 24.2 Å². The summed E-state index contributed by atoms with van der Waals surface area (Å²) in [4.78, 5) is 21.6. The van der Waals surface area contributed by atoms with Crippen LogP contribution in [0.4, 0.5) is 0 Å². The average Bonchev–Trinajstić information content (AvgIpc) is 3.20. The van der Waals surface area contributed by atoms with E-state index >= 15 is 0 Å². The third kappa shape index (κ3) is 51.0. The number of aliphatic carboxylic acids is 1. The molecule has 1 N–H and O–H groups in total. The topological polar surface area (TPSA) is 63.6 Å². The number of methoxy groups -OCH3 is 1. The van der Waals surface area contributed by atoms with Crippen LogP contribution in [0.15, 0.2) is 0 Å². The van der Waals surface area contributed by atoms with E-state index in [4.69, 9.17) is 9.84 Å². The molecule has 0 saturated carbocycles. The molecule has 4 heteroatoms. The van der Waals surface area contributed by atoms with Crippen LogP contribution in [0, 0.1) is 0 Å². The molecule has 4 nitrogen and oxygen atoms in total. The number of rotatable bonds is 50. The Morgan fingerprint density at radius 1 is 0.250 bits per heavy atom. The van der Waals surface area contributed by atoms with Gasteiger partial charge < -0.3 is 9.84 Å². The molecule has 0 aromatic rings. The molecule has 0 unspecified atom stereocenters. The second-order valence-electron chi connectivity index (χ2n) is 18.1. The van der Waals surface area contributed by atoms with Crippen molar-refractivity contribution >= 4 is 11.9 Å². The molecule has 0 fully saturated rings. The van der Waals surface area contributed by atoms with Crippen molar-refractivity contribution in [3.05, 3.63) is 0 Å². The number of carboxylic acid groups (broad SMARTS) is 1. The van der Waals surface area contributed by atoms with Crippen LogP contribution in [-0.2, 0) is 14.3 Å². The molecule has 0 radical (unpaired) electrons. The quantitative estimate of drug-likeness (QED) is 0.0492. The zero-order valence-electron chi connectivity index (χ0n) is 38.3. The van der Waals surface area contributed by atoms with Crippen molar-refractivity contribution in [1.82, 2.24) is 0 Å². The molecular weight excluding hydrogens is 689 g/mol. The highest BCUT2D eigenvalue weighted by Gasteiger charge is 2.01. The third-order valence-electron chi connectivity index (χ3n) is 12.5. The number of esters is 1. The van der Waals surface area contributed by atoms with Crippen LogP contribution >= 0.6 is 0 Å². The molecule has 0 aliphatic heterocycles. The summed E-state index contributed by atoms with van der Waals surface area (Å²) >= 11 is 0.